The van der Waals surface area contributed by atoms with Crippen LogP contribution >= 0.6 is 0 Å². The number of aromatic nitrogens is 1. The summed E-state index contributed by atoms with van der Waals surface area (Å²) in [6.45, 7) is 2.31. The Labute approximate surface area is 200 Å². The molecule has 1 amide bonds. The fraction of sp³-hybridized carbons (Fsp3) is 0.423. The number of ether oxygens (including phenoxy) is 1. The van der Waals surface area contributed by atoms with Gasteiger partial charge in [-0.15, -0.1) is 0 Å². The van der Waals surface area contributed by atoms with Crippen LogP contribution in [0.3, 0.4) is 0 Å². The maximum atomic E-state index is 11.5. The van der Waals surface area contributed by atoms with Crippen LogP contribution in [0.25, 0.3) is 22.2 Å². The predicted octanol–water partition coefficient (Wildman–Crippen LogP) is 3.52. The van der Waals surface area contributed by atoms with E-state index < -0.39 is 0 Å². The van der Waals surface area contributed by atoms with Gasteiger partial charge < -0.3 is 20.2 Å². The van der Waals surface area contributed by atoms with E-state index in [9.17, 15) is 4.79 Å². The number of aryl methyl sites for hydroxylation is 2. The summed E-state index contributed by atoms with van der Waals surface area (Å²) in [6.07, 6.45) is 7.10. The van der Waals surface area contributed by atoms with Gasteiger partial charge in [-0.2, -0.15) is 5.26 Å². The minimum absolute atomic E-state index is 0.250. The van der Waals surface area contributed by atoms with E-state index >= 15 is 0 Å². The average Bonchev–Trinajstić information content (AvgIpc) is 3.12. The number of benzene rings is 2. The molecule has 0 bridgehead atoms. The molecule has 2 heterocycles. The molecule has 1 aliphatic heterocycles. The van der Waals surface area contributed by atoms with Crippen LogP contribution in [0.2, 0.25) is 0 Å². The van der Waals surface area contributed by atoms with Crippen LogP contribution in [0.1, 0.15) is 37.7 Å². The molecular weight excluding hydrogens is 432 g/mol. The molecule has 1 saturated heterocycles. The Morgan fingerprint density at radius 3 is 2.56 bits per heavy atom. The first kappa shape index (κ1) is 26.8. The Kier molecular flexibility index (Phi) is 11.6. The molecule has 2 aromatic carbocycles. The molecule has 8 heteroatoms. The lowest BCUT2D eigenvalue weighted by molar-refractivity contribution is -0.106. The van der Waals surface area contributed by atoms with E-state index in [4.69, 9.17) is 19.2 Å². The van der Waals surface area contributed by atoms with Crippen molar-refractivity contribution < 1.29 is 13.9 Å². The van der Waals surface area contributed by atoms with Gasteiger partial charge >= 0.3 is 5.76 Å². The lowest BCUT2D eigenvalue weighted by Crippen LogP contribution is -2.25. The van der Waals surface area contributed by atoms with E-state index in [-0.39, 0.29) is 12.2 Å². The van der Waals surface area contributed by atoms with Crippen LogP contribution in [-0.2, 0) is 23.0 Å². The second-order valence-electron chi connectivity index (χ2n) is 7.99. The number of oxazole rings is 1. The highest BCUT2D eigenvalue weighted by atomic mass is 16.5. The summed E-state index contributed by atoms with van der Waals surface area (Å²) in [5, 5.41) is 12.0. The summed E-state index contributed by atoms with van der Waals surface area (Å²) in [5.41, 5.74) is 8.80. The van der Waals surface area contributed by atoms with Gasteiger partial charge in [0.05, 0.1) is 17.7 Å². The zero-order valence-corrected chi connectivity index (χ0v) is 20.0. The second-order valence-corrected chi connectivity index (χ2v) is 7.99. The van der Waals surface area contributed by atoms with Crippen molar-refractivity contribution >= 4 is 17.5 Å². The van der Waals surface area contributed by atoms with Gasteiger partial charge in [0, 0.05) is 20.6 Å². The van der Waals surface area contributed by atoms with E-state index in [0.29, 0.717) is 18.1 Å². The number of carbonyl (C=O) groups is 1. The Bertz CT molecular complexity index is 1100. The minimum atomic E-state index is -0.353. The monoisotopic (exact) mass is 466 g/mol. The van der Waals surface area contributed by atoms with E-state index in [1.54, 1.807) is 7.05 Å². The van der Waals surface area contributed by atoms with Crippen LogP contribution in [0.15, 0.2) is 51.7 Å². The van der Waals surface area contributed by atoms with E-state index in [2.05, 4.69) is 17.1 Å². The Morgan fingerprint density at radius 2 is 1.88 bits per heavy atom. The van der Waals surface area contributed by atoms with Gasteiger partial charge in [-0.3, -0.25) is 9.36 Å². The lowest BCUT2D eigenvalue weighted by Gasteiger charge is -2.18. The predicted molar refractivity (Wildman–Crippen MR) is 133 cm³/mol. The number of nitrogens with zero attached hydrogens (tertiary/aromatic N) is 2. The molecule has 1 aliphatic rings. The van der Waals surface area contributed by atoms with E-state index in [1.807, 2.05) is 49.6 Å². The highest BCUT2D eigenvalue weighted by molar-refractivity contribution is 5.80. The topological polar surface area (TPSA) is 123 Å². The first-order chi connectivity index (χ1) is 16.5. The van der Waals surface area contributed by atoms with Crippen molar-refractivity contribution in [1.29, 1.82) is 5.26 Å². The molecule has 0 aliphatic carbocycles. The van der Waals surface area contributed by atoms with Crippen molar-refractivity contribution in [2.24, 2.45) is 12.8 Å². The Hall–Kier alpha value is -3.41. The molecular formula is C26H34N4O4. The molecule has 1 aromatic heterocycles. The number of rotatable bonds is 4. The highest BCUT2D eigenvalue weighted by Gasteiger charge is 2.09. The summed E-state index contributed by atoms with van der Waals surface area (Å²) in [6, 6.07) is 16.0. The van der Waals surface area contributed by atoms with Gasteiger partial charge in [0.2, 0.25) is 6.41 Å². The number of amides is 1. The van der Waals surface area contributed by atoms with Crippen molar-refractivity contribution in [2.75, 3.05) is 20.2 Å². The normalized spacial score (nSPS) is 15.5. The van der Waals surface area contributed by atoms with Crippen LogP contribution in [0, 0.1) is 11.3 Å². The first-order valence-electron chi connectivity index (χ1n) is 11.5. The zero-order valence-electron chi connectivity index (χ0n) is 20.0. The van der Waals surface area contributed by atoms with Gasteiger partial charge in [0.1, 0.15) is 0 Å². The van der Waals surface area contributed by atoms with Crippen molar-refractivity contribution in [3.63, 3.8) is 0 Å². The Balaban J connectivity index is 0.000000263. The number of methoxy groups -OCH3 is 1. The van der Waals surface area contributed by atoms with Crippen LogP contribution in [-0.4, -0.2) is 37.3 Å². The summed E-state index contributed by atoms with van der Waals surface area (Å²) in [5.74, 6) is -0.353. The van der Waals surface area contributed by atoms with Crippen LogP contribution < -0.4 is 16.8 Å². The number of primary amides is 1. The minimum Gasteiger partial charge on any atom is -0.408 e. The molecule has 182 valence electrons. The molecule has 3 aromatic rings. The Morgan fingerprint density at radius 1 is 1.18 bits per heavy atom. The second kappa shape index (κ2) is 14.7. The van der Waals surface area contributed by atoms with E-state index in [0.717, 1.165) is 35.2 Å². The van der Waals surface area contributed by atoms with Gasteiger partial charge in [-0.05, 0) is 74.0 Å². The lowest BCUT2D eigenvalue weighted by atomic mass is 10.0. The number of hydrogen-bond donors (Lipinski definition) is 2. The van der Waals surface area contributed by atoms with Crippen molar-refractivity contribution in [3.8, 4) is 17.2 Å². The third-order valence-corrected chi connectivity index (χ3v) is 5.71. The number of carbonyl (C=O) groups excluding carboxylic acids is 1. The van der Waals surface area contributed by atoms with Gasteiger partial charge in [0.25, 0.3) is 0 Å². The van der Waals surface area contributed by atoms with E-state index in [1.165, 1.54) is 36.8 Å². The van der Waals surface area contributed by atoms with Crippen molar-refractivity contribution in [1.82, 2.24) is 9.88 Å². The summed E-state index contributed by atoms with van der Waals surface area (Å²) in [7, 11) is 3.51. The molecule has 1 atom stereocenters. The third kappa shape index (κ3) is 8.18. The molecule has 4 rings (SSSR count). The summed E-state index contributed by atoms with van der Waals surface area (Å²) >= 11 is 0. The molecule has 0 saturated carbocycles. The molecule has 0 spiro atoms. The number of nitriles is 1. The molecule has 34 heavy (non-hydrogen) atoms. The molecule has 3 N–H and O–H groups in total. The number of fused-ring (bicyclic) bond motifs is 1. The SMILES string of the molecule is COC1CCCCNCC1.Cn1c(=O)oc2ccc(-c3ccc(CCC#N)cc3)cc21.NC=O. The molecule has 8 nitrogen and oxygen atoms in total. The maximum absolute atomic E-state index is 11.5. The summed E-state index contributed by atoms with van der Waals surface area (Å²) < 4.78 is 11.9. The smallest absolute Gasteiger partial charge is 0.408 e. The number of nitrogens with one attached hydrogen (secondary N) is 1. The third-order valence-electron chi connectivity index (χ3n) is 5.71. The molecule has 0 radical (unpaired) electrons. The van der Waals surface area contributed by atoms with Crippen molar-refractivity contribution in [2.45, 2.75) is 44.6 Å². The van der Waals surface area contributed by atoms with Gasteiger partial charge in [-0.25, -0.2) is 4.79 Å². The molecule has 1 unspecified atom stereocenters. The summed E-state index contributed by atoms with van der Waals surface area (Å²) in [4.78, 5) is 20.1. The van der Waals surface area contributed by atoms with Gasteiger partial charge in [-0.1, -0.05) is 30.3 Å². The standard InChI is InChI=1S/C17H14N2O2.C8H17NO.CH3NO/c1-19-15-11-14(8-9-16(15)21-17(19)20)13-6-4-12(5-7-13)3-2-10-18;1-10-8-4-2-3-6-9-7-5-8;2-1-3/h4-9,11H,2-3H2,1H3;8-9H,2-7H2,1H3;1H,(H2,2,3). The van der Waals surface area contributed by atoms with Crippen LogP contribution in [0.5, 0.6) is 0 Å². The fourth-order valence-electron chi connectivity index (χ4n) is 3.76. The zero-order chi connectivity index (χ0) is 24.8. The first-order valence-corrected chi connectivity index (χ1v) is 11.5. The quantitative estimate of drug-likeness (QED) is 0.567. The number of nitrogens with two attached hydrogens (primary N) is 1. The fourth-order valence-corrected chi connectivity index (χ4v) is 3.76. The highest BCUT2D eigenvalue weighted by Crippen LogP contribution is 2.24. The van der Waals surface area contributed by atoms with Crippen LogP contribution in [0.4, 0.5) is 0 Å². The van der Waals surface area contributed by atoms with Crippen molar-refractivity contribution in [3.05, 3.63) is 58.6 Å². The van der Waals surface area contributed by atoms with Gasteiger partial charge in [0.15, 0.2) is 5.58 Å². The molecule has 1 fully saturated rings. The average molecular weight is 467 g/mol. The number of hydrogen-bond acceptors (Lipinski definition) is 6. The largest absolute Gasteiger partial charge is 0.419 e. The maximum Gasteiger partial charge on any atom is 0.419 e.